The Labute approximate surface area is 151 Å². The van der Waals surface area contributed by atoms with Crippen molar-refractivity contribution in [2.24, 2.45) is 0 Å². The van der Waals surface area contributed by atoms with Crippen molar-refractivity contribution in [3.63, 3.8) is 0 Å². The molecule has 0 aliphatic heterocycles. The highest BCUT2D eigenvalue weighted by atomic mass is 32.1. The normalized spacial score (nSPS) is 13.9. The van der Waals surface area contributed by atoms with Crippen molar-refractivity contribution in [1.29, 1.82) is 0 Å². The van der Waals surface area contributed by atoms with Crippen LogP contribution in [-0.2, 0) is 11.2 Å². The van der Waals surface area contributed by atoms with Crippen LogP contribution >= 0.6 is 11.3 Å². The summed E-state index contributed by atoms with van der Waals surface area (Å²) in [6.07, 6.45) is 7.14. The van der Waals surface area contributed by atoms with Gasteiger partial charge in [0.25, 0.3) is 0 Å². The van der Waals surface area contributed by atoms with Crippen molar-refractivity contribution in [3.05, 3.63) is 69.8 Å². The summed E-state index contributed by atoms with van der Waals surface area (Å²) >= 11 is 1.55. The monoisotopic (exact) mass is 352 g/mol. The number of rotatable bonds is 6. The van der Waals surface area contributed by atoms with E-state index in [0.29, 0.717) is 6.61 Å². The Balaban J connectivity index is 1.77. The lowest BCUT2D eigenvalue weighted by molar-refractivity contribution is -0.136. The molecule has 0 radical (unpaired) electrons. The summed E-state index contributed by atoms with van der Waals surface area (Å²) in [6.45, 7) is 4.67. The van der Waals surface area contributed by atoms with Crippen molar-refractivity contribution in [2.45, 2.75) is 26.7 Å². The molecular formula is C21H20O3S. The molecule has 3 rings (SSSR count). The second-order valence-electron chi connectivity index (χ2n) is 6.00. The van der Waals surface area contributed by atoms with E-state index in [4.69, 9.17) is 9.84 Å². The van der Waals surface area contributed by atoms with E-state index in [1.807, 2.05) is 29.7 Å². The molecule has 1 N–H and O–H groups in total. The number of benzene rings is 1. The van der Waals surface area contributed by atoms with Gasteiger partial charge in [0.15, 0.2) is 0 Å². The predicted octanol–water partition coefficient (Wildman–Crippen LogP) is 5.29. The van der Waals surface area contributed by atoms with Gasteiger partial charge in [-0.05, 0) is 59.5 Å². The molecule has 3 nitrogen and oxygen atoms in total. The summed E-state index contributed by atoms with van der Waals surface area (Å²) in [5, 5.41) is 11.9. The highest BCUT2D eigenvalue weighted by molar-refractivity contribution is 7.17. The van der Waals surface area contributed by atoms with Gasteiger partial charge in [0, 0.05) is 15.8 Å². The number of carboxylic acids is 1. The Morgan fingerprint density at radius 3 is 2.92 bits per heavy atom. The molecule has 0 saturated heterocycles. The van der Waals surface area contributed by atoms with Gasteiger partial charge in [-0.1, -0.05) is 19.1 Å². The fourth-order valence-corrected chi connectivity index (χ4v) is 3.74. The molecule has 0 unspecified atom stereocenters. The van der Waals surface area contributed by atoms with E-state index < -0.39 is 5.97 Å². The average Bonchev–Trinajstić information content (AvgIpc) is 2.88. The maximum atomic E-state index is 10.9. The van der Waals surface area contributed by atoms with E-state index in [-0.39, 0.29) is 6.42 Å². The molecule has 0 fully saturated rings. The number of fused-ring (bicyclic) bond motifs is 1. The number of carboxylic acid groups (broad SMARTS) is 1. The Morgan fingerprint density at radius 2 is 2.16 bits per heavy atom. The van der Waals surface area contributed by atoms with Gasteiger partial charge in [0.2, 0.25) is 0 Å². The predicted molar refractivity (Wildman–Crippen MR) is 102 cm³/mol. The maximum Gasteiger partial charge on any atom is 0.307 e. The third-order valence-corrected chi connectivity index (χ3v) is 5.12. The van der Waals surface area contributed by atoms with Gasteiger partial charge < -0.3 is 9.84 Å². The summed E-state index contributed by atoms with van der Waals surface area (Å²) in [4.78, 5) is 10.9. The van der Waals surface area contributed by atoms with Crippen molar-refractivity contribution in [3.8, 4) is 5.75 Å². The summed E-state index contributed by atoms with van der Waals surface area (Å²) in [5.74, 6) is -0.0166. The van der Waals surface area contributed by atoms with E-state index in [1.165, 1.54) is 5.57 Å². The van der Waals surface area contributed by atoms with Crippen LogP contribution in [0.2, 0.25) is 0 Å². The van der Waals surface area contributed by atoms with Crippen LogP contribution in [-0.4, -0.2) is 17.7 Å². The highest BCUT2D eigenvalue weighted by Gasteiger charge is 2.10. The van der Waals surface area contributed by atoms with Crippen LogP contribution in [0.4, 0.5) is 0 Å². The third kappa shape index (κ3) is 4.11. The van der Waals surface area contributed by atoms with Gasteiger partial charge in [-0.25, -0.2) is 0 Å². The number of hydrogen-bond donors (Lipinski definition) is 1. The van der Waals surface area contributed by atoms with Gasteiger partial charge >= 0.3 is 5.97 Å². The topological polar surface area (TPSA) is 46.5 Å². The fourth-order valence-electron chi connectivity index (χ4n) is 2.75. The lowest BCUT2D eigenvalue weighted by Gasteiger charge is -2.10. The largest absolute Gasteiger partial charge is 0.489 e. The van der Waals surface area contributed by atoms with Gasteiger partial charge in [0.05, 0.1) is 6.42 Å². The van der Waals surface area contributed by atoms with Gasteiger partial charge in [0.1, 0.15) is 12.4 Å². The molecule has 1 aromatic heterocycles. The first-order chi connectivity index (χ1) is 12.1. The summed E-state index contributed by atoms with van der Waals surface area (Å²) in [5.41, 5.74) is 7.66. The molecule has 1 aliphatic rings. The molecule has 0 saturated carbocycles. The van der Waals surface area contributed by atoms with Gasteiger partial charge in [-0.2, -0.15) is 0 Å². The minimum atomic E-state index is -0.810. The van der Waals surface area contributed by atoms with Crippen molar-refractivity contribution >= 4 is 27.4 Å². The standard InChI is InChI=1S/C21H20O3S/c1-3-15-6-4-14(2)5-7-16(15)12-24-18-8-9-19-17(10-21(22)23)13-25-20(19)11-18/h4-5,7-9,11,13H,3,10,12H2,1-2H3,(H,22,23). The number of hydrogen-bond acceptors (Lipinski definition) is 3. The molecule has 0 bridgehead atoms. The molecule has 1 heterocycles. The van der Waals surface area contributed by atoms with E-state index in [2.05, 4.69) is 31.7 Å². The van der Waals surface area contributed by atoms with Crippen molar-refractivity contribution < 1.29 is 14.6 Å². The molecular weight excluding hydrogens is 332 g/mol. The van der Waals surface area contributed by atoms with Crippen LogP contribution in [0.1, 0.15) is 25.8 Å². The zero-order valence-electron chi connectivity index (χ0n) is 14.3. The molecule has 25 heavy (non-hydrogen) atoms. The molecule has 1 aliphatic carbocycles. The molecule has 0 amide bonds. The molecule has 128 valence electrons. The van der Waals surface area contributed by atoms with Crippen LogP contribution in [0, 0.1) is 0 Å². The first-order valence-electron chi connectivity index (χ1n) is 8.25. The number of ether oxygens (including phenoxy) is 1. The second kappa shape index (κ2) is 7.56. The minimum absolute atomic E-state index is 0.0514. The molecule has 4 heteroatoms. The quantitative estimate of drug-likeness (QED) is 0.719. The van der Waals surface area contributed by atoms with Crippen LogP contribution in [0.25, 0.3) is 10.1 Å². The molecule has 0 spiro atoms. The summed E-state index contributed by atoms with van der Waals surface area (Å²) < 4.78 is 7.03. The van der Waals surface area contributed by atoms with Gasteiger partial charge in [-0.15, -0.1) is 17.1 Å². The third-order valence-electron chi connectivity index (χ3n) is 4.13. The SMILES string of the molecule is CCC1=C=CC(C)=CC=C1COc1ccc2c(CC(=O)O)csc2c1. The lowest BCUT2D eigenvalue weighted by atomic mass is 10.1. The first-order valence-corrected chi connectivity index (χ1v) is 9.13. The van der Waals surface area contributed by atoms with Crippen LogP contribution in [0.3, 0.4) is 0 Å². The first kappa shape index (κ1) is 17.3. The summed E-state index contributed by atoms with van der Waals surface area (Å²) in [7, 11) is 0. The Kier molecular flexibility index (Phi) is 5.22. The van der Waals surface area contributed by atoms with Crippen molar-refractivity contribution in [1.82, 2.24) is 0 Å². The number of aliphatic carboxylic acids is 1. The summed E-state index contributed by atoms with van der Waals surface area (Å²) in [6, 6.07) is 5.83. The minimum Gasteiger partial charge on any atom is -0.489 e. The maximum absolute atomic E-state index is 10.9. The number of allylic oxidation sites excluding steroid dienone is 3. The zero-order chi connectivity index (χ0) is 17.8. The molecule has 2 aromatic rings. The van der Waals surface area contributed by atoms with E-state index in [9.17, 15) is 4.79 Å². The Morgan fingerprint density at radius 1 is 1.32 bits per heavy atom. The Hall–Kier alpha value is -2.55. The van der Waals surface area contributed by atoms with Gasteiger partial charge in [-0.3, -0.25) is 4.79 Å². The number of carbonyl (C=O) groups is 1. The van der Waals surface area contributed by atoms with Crippen LogP contribution in [0.15, 0.2) is 64.3 Å². The van der Waals surface area contributed by atoms with E-state index in [0.717, 1.165) is 39.0 Å². The highest BCUT2D eigenvalue weighted by Crippen LogP contribution is 2.30. The number of thiophene rings is 1. The second-order valence-corrected chi connectivity index (χ2v) is 6.91. The molecule has 0 atom stereocenters. The fraction of sp³-hybridized carbons (Fsp3) is 0.238. The average molecular weight is 352 g/mol. The van der Waals surface area contributed by atoms with E-state index in [1.54, 1.807) is 11.3 Å². The smallest absolute Gasteiger partial charge is 0.307 e. The zero-order valence-corrected chi connectivity index (χ0v) is 15.2. The van der Waals surface area contributed by atoms with E-state index >= 15 is 0 Å². The van der Waals surface area contributed by atoms with Crippen LogP contribution < -0.4 is 4.74 Å². The molecule has 1 aromatic carbocycles. The Bertz CT molecular complexity index is 937. The van der Waals surface area contributed by atoms with Crippen LogP contribution in [0.5, 0.6) is 5.75 Å². The van der Waals surface area contributed by atoms with Crippen molar-refractivity contribution in [2.75, 3.05) is 6.61 Å². The lowest BCUT2D eigenvalue weighted by Crippen LogP contribution is -2.03.